The molecule has 0 aliphatic rings. The molecular formula is C13H9Br2ClFNO. The van der Waals surface area contributed by atoms with E-state index in [4.69, 9.17) is 22.1 Å². The summed E-state index contributed by atoms with van der Waals surface area (Å²) in [6.45, 7) is 0.236. The van der Waals surface area contributed by atoms with Gasteiger partial charge in [0.15, 0.2) is 0 Å². The molecule has 0 unspecified atom stereocenters. The summed E-state index contributed by atoms with van der Waals surface area (Å²) in [5.41, 5.74) is 7.02. The van der Waals surface area contributed by atoms with Crippen LogP contribution in [0.2, 0.25) is 5.02 Å². The second kappa shape index (κ2) is 6.11. The van der Waals surface area contributed by atoms with Crippen LogP contribution >= 0.6 is 43.5 Å². The molecule has 2 N–H and O–H groups in total. The van der Waals surface area contributed by atoms with Gasteiger partial charge in [-0.15, -0.1) is 0 Å². The van der Waals surface area contributed by atoms with Crippen molar-refractivity contribution in [1.82, 2.24) is 0 Å². The van der Waals surface area contributed by atoms with Gasteiger partial charge in [0.1, 0.15) is 18.2 Å². The van der Waals surface area contributed by atoms with Crippen LogP contribution in [0.4, 0.5) is 10.1 Å². The summed E-state index contributed by atoms with van der Waals surface area (Å²) < 4.78 is 20.1. The Morgan fingerprint density at radius 3 is 2.37 bits per heavy atom. The Hall–Kier alpha value is -0.780. The normalized spacial score (nSPS) is 10.5. The van der Waals surface area contributed by atoms with E-state index in [-0.39, 0.29) is 12.4 Å². The molecule has 0 bridgehead atoms. The molecule has 19 heavy (non-hydrogen) atoms. The molecule has 0 saturated heterocycles. The SMILES string of the molecule is Nc1cc(Br)c(OCc2ccc(F)cc2Cl)c(Br)c1. The van der Waals surface area contributed by atoms with Crippen LogP contribution in [-0.2, 0) is 6.61 Å². The number of hydrogen-bond donors (Lipinski definition) is 1. The van der Waals surface area contributed by atoms with Gasteiger partial charge >= 0.3 is 0 Å². The Bertz CT molecular complexity index is 599. The third-order valence-electron chi connectivity index (χ3n) is 2.41. The van der Waals surface area contributed by atoms with Gasteiger partial charge in [0, 0.05) is 11.3 Å². The fraction of sp³-hybridized carbons (Fsp3) is 0.0769. The zero-order valence-electron chi connectivity index (χ0n) is 9.59. The highest BCUT2D eigenvalue weighted by molar-refractivity contribution is 9.11. The number of ether oxygens (including phenoxy) is 1. The largest absolute Gasteiger partial charge is 0.486 e. The van der Waals surface area contributed by atoms with Gasteiger partial charge in [0.05, 0.1) is 14.0 Å². The van der Waals surface area contributed by atoms with E-state index < -0.39 is 0 Å². The van der Waals surface area contributed by atoms with Gasteiger partial charge in [0.2, 0.25) is 0 Å². The lowest BCUT2D eigenvalue weighted by Crippen LogP contribution is -1.99. The van der Waals surface area contributed by atoms with Gasteiger partial charge < -0.3 is 10.5 Å². The summed E-state index contributed by atoms with van der Waals surface area (Å²) in [6, 6.07) is 7.68. The Morgan fingerprint density at radius 1 is 1.16 bits per heavy atom. The Balaban J connectivity index is 2.19. The van der Waals surface area contributed by atoms with Crippen LogP contribution in [0.1, 0.15) is 5.56 Å². The van der Waals surface area contributed by atoms with E-state index in [1.807, 2.05) is 0 Å². The highest BCUT2D eigenvalue weighted by atomic mass is 79.9. The maximum Gasteiger partial charge on any atom is 0.148 e. The number of hydrogen-bond acceptors (Lipinski definition) is 2. The molecule has 0 radical (unpaired) electrons. The number of benzene rings is 2. The predicted octanol–water partition coefficient (Wildman–Crippen LogP) is 5.17. The smallest absolute Gasteiger partial charge is 0.148 e. The summed E-state index contributed by atoms with van der Waals surface area (Å²) >= 11 is 12.7. The first kappa shape index (κ1) is 14.6. The zero-order valence-corrected chi connectivity index (χ0v) is 13.5. The van der Waals surface area contributed by atoms with Crippen LogP contribution in [-0.4, -0.2) is 0 Å². The summed E-state index contributed by atoms with van der Waals surface area (Å²) in [7, 11) is 0. The van der Waals surface area contributed by atoms with Crippen molar-refractivity contribution in [2.45, 2.75) is 6.61 Å². The van der Waals surface area contributed by atoms with Crippen LogP contribution in [0.5, 0.6) is 5.75 Å². The molecular weight excluding hydrogens is 400 g/mol. The molecule has 6 heteroatoms. The van der Waals surface area contributed by atoms with E-state index >= 15 is 0 Å². The average Bonchev–Trinajstić information content (AvgIpc) is 2.30. The van der Waals surface area contributed by atoms with Gasteiger partial charge in [0.25, 0.3) is 0 Å². The van der Waals surface area contributed by atoms with Crippen molar-refractivity contribution < 1.29 is 9.13 Å². The molecule has 0 aliphatic carbocycles. The van der Waals surface area contributed by atoms with Crippen molar-refractivity contribution in [2.75, 3.05) is 5.73 Å². The van der Waals surface area contributed by atoms with Crippen LogP contribution in [0, 0.1) is 5.82 Å². The van der Waals surface area contributed by atoms with Gasteiger partial charge in [-0.3, -0.25) is 0 Å². The van der Waals surface area contributed by atoms with Gasteiger partial charge in [-0.25, -0.2) is 4.39 Å². The third kappa shape index (κ3) is 3.61. The highest BCUT2D eigenvalue weighted by Gasteiger charge is 2.09. The molecule has 0 atom stereocenters. The van der Waals surface area contributed by atoms with Crippen molar-refractivity contribution in [2.24, 2.45) is 0 Å². The first-order valence-corrected chi connectivity index (χ1v) is 7.25. The lowest BCUT2D eigenvalue weighted by Gasteiger charge is -2.12. The van der Waals surface area contributed by atoms with Crippen molar-refractivity contribution in [3.63, 3.8) is 0 Å². The van der Waals surface area contributed by atoms with Crippen LogP contribution in [0.3, 0.4) is 0 Å². The molecule has 0 fully saturated rings. The van der Waals surface area contributed by atoms with Crippen molar-refractivity contribution in [3.8, 4) is 5.75 Å². The predicted molar refractivity (Wildman–Crippen MR) is 82.0 cm³/mol. The Morgan fingerprint density at radius 2 is 1.79 bits per heavy atom. The number of nitrogen functional groups attached to an aromatic ring is 1. The molecule has 2 rings (SSSR count). The van der Waals surface area contributed by atoms with Crippen LogP contribution < -0.4 is 10.5 Å². The first-order valence-electron chi connectivity index (χ1n) is 5.28. The lowest BCUT2D eigenvalue weighted by molar-refractivity contribution is 0.302. The summed E-state index contributed by atoms with van der Waals surface area (Å²) in [4.78, 5) is 0. The molecule has 100 valence electrons. The van der Waals surface area contributed by atoms with Crippen molar-refractivity contribution >= 4 is 49.1 Å². The van der Waals surface area contributed by atoms with E-state index in [0.717, 1.165) is 8.95 Å². The number of anilines is 1. The standard InChI is InChI=1S/C13H9Br2ClFNO/c14-10-4-9(18)5-11(15)13(10)19-6-7-1-2-8(17)3-12(7)16/h1-5H,6,18H2. The number of rotatable bonds is 3. The van der Waals surface area contributed by atoms with Crippen molar-refractivity contribution in [3.05, 3.63) is 55.7 Å². The summed E-state index contributed by atoms with van der Waals surface area (Å²) in [5.74, 6) is 0.248. The maximum atomic E-state index is 12.9. The van der Waals surface area contributed by atoms with E-state index in [2.05, 4.69) is 31.9 Å². The quantitative estimate of drug-likeness (QED) is 0.711. The minimum atomic E-state index is -0.372. The molecule has 0 spiro atoms. The maximum absolute atomic E-state index is 12.9. The molecule has 2 aromatic carbocycles. The number of nitrogens with two attached hydrogens (primary N) is 1. The molecule has 2 aromatic rings. The van der Waals surface area contributed by atoms with E-state index in [0.29, 0.717) is 22.0 Å². The minimum Gasteiger partial charge on any atom is -0.486 e. The summed E-state index contributed by atoms with van der Waals surface area (Å²) in [5, 5.41) is 0.336. The minimum absolute atomic E-state index is 0.236. The Labute approximate surface area is 132 Å². The second-order valence-electron chi connectivity index (χ2n) is 3.84. The second-order valence-corrected chi connectivity index (χ2v) is 5.95. The molecule has 2 nitrogen and oxygen atoms in total. The molecule has 0 amide bonds. The molecule has 0 saturated carbocycles. The third-order valence-corrected chi connectivity index (χ3v) is 3.94. The lowest BCUT2D eigenvalue weighted by atomic mass is 10.2. The van der Waals surface area contributed by atoms with Crippen LogP contribution in [0.25, 0.3) is 0 Å². The Kier molecular flexibility index (Phi) is 4.71. The monoisotopic (exact) mass is 407 g/mol. The number of halogens is 4. The fourth-order valence-corrected chi connectivity index (χ4v) is 3.18. The van der Waals surface area contributed by atoms with Crippen molar-refractivity contribution in [1.29, 1.82) is 0 Å². The molecule has 0 aliphatic heterocycles. The first-order chi connectivity index (χ1) is 8.97. The van der Waals surface area contributed by atoms with E-state index in [9.17, 15) is 4.39 Å². The zero-order chi connectivity index (χ0) is 14.0. The van der Waals surface area contributed by atoms with E-state index in [1.54, 1.807) is 18.2 Å². The van der Waals surface area contributed by atoms with Gasteiger partial charge in [-0.2, -0.15) is 0 Å². The van der Waals surface area contributed by atoms with E-state index in [1.165, 1.54) is 12.1 Å². The summed E-state index contributed by atoms with van der Waals surface area (Å²) in [6.07, 6.45) is 0. The van der Waals surface area contributed by atoms with Crippen LogP contribution in [0.15, 0.2) is 39.3 Å². The highest BCUT2D eigenvalue weighted by Crippen LogP contribution is 2.36. The van der Waals surface area contributed by atoms with Gasteiger partial charge in [-0.1, -0.05) is 17.7 Å². The topological polar surface area (TPSA) is 35.2 Å². The average molecular weight is 409 g/mol. The van der Waals surface area contributed by atoms with Gasteiger partial charge in [-0.05, 0) is 56.1 Å². The molecule has 0 aromatic heterocycles. The fourth-order valence-electron chi connectivity index (χ4n) is 1.51. The molecule has 0 heterocycles.